The van der Waals surface area contributed by atoms with Gasteiger partial charge in [-0.25, -0.2) is 13.1 Å². The zero-order valence-corrected chi connectivity index (χ0v) is 16.6. The summed E-state index contributed by atoms with van der Waals surface area (Å²) in [7, 11) is -3.71. The Balaban J connectivity index is 0.00000261. The van der Waals surface area contributed by atoms with E-state index in [1.54, 1.807) is 24.3 Å². The van der Waals surface area contributed by atoms with Crippen molar-refractivity contribution < 1.29 is 8.42 Å². The van der Waals surface area contributed by atoms with Crippen molar-refractivity contribution in [2.75, 3.05) is 0 Å². The molecule has 0 saturated heterocycles. The lowest BCUT2D eigenvalue weighted by Crippen LogP contribution is -2.36. The lowest BCUT2D eigenvalue weighted by Gasteiger charge is -2.26. The molecule has 142 valence electrons. The minimum absolute atomic E-state index is 0. The van der Waals surface area contributed by atoms with Gasteiger partial charge in [-0.1, -0.05) is 78.4 Å². The zero-order valence-electron chi connectivity index (χ0n) is 14.9. The molecule has 0 spiro atoms. The number of aryl methyl sites for hydroxylation is 1. The van der Waals surface area contributed by atoms with Crippen LogP contribution in [0.5, 0.6) is 0 Å². The molecule has 2 unspecified atom stereocenters. The first-order valence-electron chi connectivity index (χ1n) is 8.42. The Bertz CT molecular complexity index is 946. The van der Waals surface area contributed by atoms with Crippen LogP contribution in [0.1, 0.15) is 28.8 Å². The third-order valence-corrected chi connectivity index (χ3v) is 5.77. The SMILES string of the molecule is Cc1ccc(S(=O)(=O)NC(c2ccccc2)C(N)c2ccccc2)cc1.Cl. The molecule has 0 aromatic heterocycles. The molecule has 0 aliphatic rings. The number of hydrogen-bond acceptors (Lipinski definition) is 3. The largest absolute Gasteiger partial charge is 0.322 e. The van der Waals surface area contributed by atoms with E-state index in [-0.39, 0.29) is 17.3 Å². The molecule has 0 radical (unpaired) electrons. The van der Waals surface area contributed by atoms with Crippen molar-refractivity contribution in [2.45, 2.75) is 23.9 Å². The number of nitrogens with one attached hydrogen (secondary N) is 1. The Morgan fingerprint density at radius 1 is 0.778 bits per heavy atom. The smallest absolute Gasteiger partial charge is 0.241 e. The maximum absolute atomic E-state index is 12.9. The Morgan fingerprint density at radius 2 is 1.26 bits per heavy atom. The molecule has 0 aliphatic carbocycles. The molecule has 2 atom stereocenters. The molecule has 0 saturated carbocycles. The van der Waals surface area contributed by atoms with Gasteiger partial charge in [0.05, 0.1) is 17.0 Å². The van der Waals surface area contributed by atoms with E-state index in [0.29, 0.717) is 0 Å². The van der Waals surface area contributed by atoms with Crippen LogP contribution in [0.3, 0.4) is 0 Å². The summed E-state index contributed by atoms with van der Waals surface area (Å²) in [6, 6.07) is 24.6. The van der Waals surface area contributed by atoms with E-state index in [4.69, 9.17) is 5.73 Å². The molecule has 0 heterocycles. The van der Waals surface area contributed by atoms with Gasteiger partial charge in [-0.05, 0) is 30.2 Å². The number of nitrogens with two attached hydrogens (primary N) is 1. The minimum Gasteiger partial charge on any atom is -0.322 e. The fourth-order valence-corrected chi connectivity index (χ4v) is 4.08. The summed E-state index contributed by atoms with van der Waals surface area (Å²) in [5, 5.41) is 0. The summed E-state index contributed by atoms with van der Waals surface area (Å²) in [5.41, 5.74) is 9.15. The first kappa shape index (κ1) is 21.1. The summed E-state index contributed by atoms with van der Waals surface area (Å²) < 4.78 is 28.6. The summed E-state index contributed by atoms with van der Waals surface area (Å²) in [6.07, 6.45) is 0. The highest BCUT2D eigenvalue weighted by atomic mass is 35.5. The standard InChI is InChI=1S/C21H22N2O2S.ClH/c1-16-12-14-19(15-13-16)26(24,25)23-21(18-10-6-3-7-11-18)20(22)17-8-4-2-5-9-17;/h2-15,20-21,23H,22H2,1H3;1H. The van der Waals surface area contributed by atoms with Crippen LogP contribution in [-0.2, 0) is 10.0 Å². The van der Waals surface area contributed by atoms with E-state index in [9.17, 15) is 8.42 Å². The second-order valence-electron chi connectivity index (χ2n) is 6.26. The van der Waals surface area contributed by atoms with E-state index in [1.165, 1.54) is 0 Å². The van der Waals surface area contributed by atoms with Gasteiger partial charge in [-0.3, -0.25) is 0 Å². The molecule has 0 aliphatic heterocycles. The highest BCUT2D eigenvalue weighted by Gasteiger charge is 2.27. The van der Waals surface area contributed by atoms with Crippen LogP contribution in [0.15, 0.2) is 89.8 Å². The Labute approximate surface area is 166 Å². The van der Waals surface area contributed by atoms with E-state index in [2.05, 4.69) is 4.72 Å². The summed E-state index contributed by atoms with van der Waals surface area (Å²) in [4.78, 5) is 0.226. The Kier molecular flexibility index (Phi) is 7.16. The second kappa shape index (κ2) is 9.15. The monoisotopic (exact) mass is 402 g/mol. The van der Waals surface area contributed by atoms with Crippen molar-refractivity contribution in [3.8, 4) is 0 Å². The third kappa shape index (κ3) is 5.17. The Morgan fingerprint density at radius 3 is 1.78 bits per heavy atom. The topological polar surface area (TPSA) is 72.2 Å². The first-order valence-corrected chi connectivity index (χ1v) is 9.90. The number of rotatable bonds is 6. The van der Waals surface area contributed by atoms with Gasteiger partial charge < -0.3 is 5.73 Å². The van der Waals surface area contributed by atoms with Crippen LogP contribution in [0.4, 0.5) is 0 Å². The van der Waals surface area contributed by atoms with E-state index in [0.717, 1.165) is 16.7 Å². The number of sulfonamides is 1. The summed E-state index contributed by atoms with van der Waals surface area (Å²) in [6.45, 7) is 1.92. The predicted molar refractivity (Wildman–Crippen MR) is 111 cm³/mol. The lowest BCUT2D eigenvalue weighted by atomic mass is 9.95. The van der Waals surface area contributed by atoms with Gasteiger partial charge >= 0.3 is 0 Å². The second-order valence-corrected chi connectivity index (χ2v) is 7.97. The van der Waals surface area contributed by atoms with Crippen LogP contribution in [0, 0.1) is 6.92 Å². The molecular formula is C21H23ClN2O2S. The molecule has 27 heavy (non-hydrogen) atoms. The maximum Gasteiger partial charge on any atom is 0.241 e. The quantitative estimate of drug-likeness (QED) is 0.650. The molecule has 0 amide bonds. The fourth-order valence-electron chi connectivity index (χ4n) is 2.83. The van der Waals surface area contributed by atoms with Crippen LogP contribution in [-0.4, -0.2) is 8.42 Å². The van der Waals surface area contributed by atoms with E-state index < -0.39 is 22.1 Å². The molecule has 3 aromatic rings. The zero-order chi connectivity index (χ0) is 18.6. The molecular weight excluding hydrogens is 380 g/mol. The average Bonchev–Trinajstić information content (AvgIpc) is 2.67. The van der Waals surface area contributed by atoms with E-state index >= 15 is 0 Å². The minimum atomic E-state index is -3.71. The lowest BCUT2D eigenvalue weighted by molar-refractivity contribution is 0.504. The summed E-state index contributed by atoms with van der Waals surface area (Å²) >= 11 is 0. The molecule has 3 rings (SSSR count). The third-order valence-electron chi connectivity index (χ3n) is 4.32. The Hall–Kier alpha value is -2.18. The normalized spacial score (nSPS) is 13.4. The van der Waals surface area contributed by atoms with Gasteiger partial charge in [-0.2, -0.15) is 0 Å². The van der Waals surface area contributed by atoms with Crippen molar-refractivity contribution in [3.05, 3.63) is 102 Å². The highest BCUT2D eigenvalue weighted by Crippen LogP contribution is 2.28. The number of benzene rings is 3. The van der Waals surface area contributed by atoms with Gasteiger partial charge in [0.1, 0.15) is 0 Å². The van der Waals surface area contributed by atoms with Gasteiger partial charge in [0, 0.05) is 0 Å². The first-order chi connectivity index (χ1) is 12.5. The van der Waals surface area contributed by atoms with Crippen LogP contribution in [0.2, 0.25) is 0 Å². The van der Waals surface area contributed by atoms with Crippen molar-refractivity contribution in [3.63, 3.8) is 0 Å². The number of halogens is 1. The van der Waals surface area contributed by atoms with Crippen molar-refractivity contribution >= 4 is 22.4 Å². The predicted octanol–water partition coefficient (Wildman–Crippen LogP) is 4.14. The maximum atomic E-state index is 12.9. The van der Waals surface area contributed by atoms with Crippen LogP contribution >= 0.6 is 12.4 Å². The number of hydrogen-bond donors (Lipinski definition) is 2. The van der Waals surface area contributed by atoms with Gasteiger partial charge in [0.25, 0.3) is 0 Å². The molecule has 0 fully saturated rings. The van der Waals surface area contributed by atoms with Crippen molar-refractivity contribution in [2.24, 2.45) is 5.73 Å². The van der Waals surface area contributed by atoms with E-state index in [1.807, 2.05) is 67.6 Å². The fraction of sp³-hybridized carbons (Fsp3) is 0.143. The van der Waals surface area contributed by atoms with Gasteiger partial charge in [0.2, 0.25) is 10.0 Å². The molecule has 6 heteroatoms. The molecule has 0 bridgehead atoms. The van der Waals surface area contributed by atoms with Crippen molar-refractivity contribution in [1.29, 1.82) is 0 Å². The highest BCUT2D eigenvalue weighted by molar-refractivity contribution is 7.89. The summed E-state index contributed by atoms with van der Waals surface area (Å²) in [5.74, 6) is 0. The van der Waals surface area contributed by atoms with Gasteiger partial charge in [-0.15, -0.1) is 12.4 Å². The van der Waals surface area contributed by atoms with Crippen LogP contribution < -0.4 is 10.5 Å². The molecule has 3 N–H and O–H groups in total. The van der Waals surface area contributed by atoms with Gasteiger partial charge in [0.15, 0.2) is 0 Å². The molecule has 4 nitrogen and oxygen atoms in total. The average molecular weight is 403 g/mol. The van der Waals surface area contributed by atoms with Crippen molar-refractivity contribution in [1.82, 2.24) is 4.72 Å². The van der Waals surface area contributed by atoms with Crippen LogP contribution in [0.25, 0.3) is 0 Å². The molecule has 3 aromatic carbocycles.